The van der Waals surface area contributed by atoms with Gasteiger partial charge in [0, 0.05) is 10.9 Å². The maximum atomic E-state index is 12.6. The second-order valence-electron chi connectivity index (χ2n) is 10.3. The van der Waals surface area contributed by atoms with E-state index in [0.29, 0.717) is 22.2 Å². The van der Waals surface area contributed by atoms with E-state index in [4.69, 9.17) is 20.9 Å². The third kappa shape index (κ3) is 5.17. The largest absolute Gasteiger partial charge is 0.458 e. The van der Waals surface area contributed by atoms with Gasteiger partial charge in [-0.15, -0.1) is 0 Å². The first-order chi connectivity index (χ1) is 15.1. The molecule has 8 heteroatoms. The summed E-state index contributed by atoms with van der Waals surface area (Å²) < 4.78 is 12.1. The molecule has 3 rings (SSSR count). The van der Waals surface area contributed by atoms with E-state index in [1.165, 1.54) is 4.68 Å². The molecule has 33 heavy (non-hydrogen) atoms. The highest BCUT2D eigenvalue weighted by Gasteiger charge is 2.35. The second kappa shape index (κ2) is 8.19. The van der Waals surface area contributed by atoms with Crippen molar-refractivity contribution < 1.29 is 19.1 Å². The van der Waals surface area contributed by atoms with E-state index in [1.54, 1.807) is 72.9 Å². The van der Waals surface area contributed by atoms with Gasteiger partial charge in [-0.3, -0.25) is 0 Å². The predicted octanol–water partition coefficient (Wildman–Crippen LogP) is 4.58. The van der Waals surface area contributed by atoms with Crippen molar-refractivity contribution in [3.8, 4) is 11.1 Å². The zero-order valence-electron chi connectivity index (χ0n) is 20.2. The molecule has 0 radical (unpaired) electrons. The van der Waals surface area contributed by atoms with Crippen LogP contribution in [0.2, 0.25) is 0 Å². The number of nitrogen functional groups attached to an aromatic ring is 1. The van der Waals surface area contributed by atoms with Gasteiger partial charge in [0.2, 0.25) is 0 Å². The molecule has 0 bridgehead atoms. The van der Waals surface area contributed by atoms with Crippen LogP contribution in [0.4, 0.5) is 10.5 Å². The van der Waals surface area contributed by atoms with Gasteiger partial charge in [0.15, 0.2) is 0 Å². The fraction of sp³-hybridized carbons (Fsp3) is 0.400. The van der Waals surface area contributed by atoms with Crippen LogP contribution >= 0.6 is 0 Å². The molecule has 3 aromatic rings. The quantitative estimate of drug-likeness (QED) is 0.440. The molecule has 1 unspecified atom stereocenters. The summed E-state index contributed by atoms with van der Waals surface area (Å²) in [5.41, 5.74) is 13.4. The Balaban J connectivity index is 1.92. The maximum Gasteiger partial charge on any atom is 0.435 e. The van der Waals surface area contributed by atoms with Gasteiger partial charge >= 0.3 is 12.1 Å². The number of nitrogens with zero attached hydrogens (tertiary/aromatic N) is 2. The van der Waals surface area contributed by atoms with Crippen LogP contribution in [0.15, 0.2) is 42.6 Å². The summed E-state index contributed by atoms with van der Waals surface area (Å²) in [4.78, 5) is 25.0. The Morgan fingerprint density at radius 1 is 0.879 bits per heavy atom. The van der Waals surface area contributed by atoms with E-state index in [2.05, 4.69) is 5.10 Å². The number of rotatable bonds is 3. The molecule has 2 aromatic carbocycles. The second-order valence-corrected chi connectivity index (χ2v) is 10.3. The molecular formula is C25H32N4O4. The lowest BCUT2D eigenvalue weighted by molar-refractivity contribution is -0.161. The highest BCUT2D eigenvalue weighted by atomic mass is 16.6. The molecule has 0 amide bonds. The fourth-order valence-electron chi connectivity index (χ4n) is 3.32. The number of ether oxygens (including phenoxy) is 2. The molecular weight excluding hydrogens is 420 g/mol. The maximum absolute atomic E-state index is 12.6. The van der Waals surface area contributed by atoms with Gasteiger partial charge in [-0.1, -0.05) is 30.3 Å². The van der Waals surface area contributed by atoms with Crippen LogP contribution in [0.5, 0.6) is 0 Å². The van der Waals surface area contributed by atoms with E-state index in [0.717, 1.165) is 11.1 Å². The molecule has 0 aliphatic rings. The summed E-state index contributed by atoms with van der Waals surface area (Å²) in [5.74, 6) is -0.502. The summed E-state index contributed by atoms with van der Waals surface area (Å²) >= 11 is 0. The summed E-state index contributed by atoms with van der Waals surface area (Å²) in [6.07, 6.45) is 0.977. The Morgan fingerprint density at radius 3 is 2.00 bits per heavy atom. The lowest BCUT2D eigenvalue weighted by atomic mass is 9.91. The van der Waals surface area contributed by atoms with Gasteiger partial charge in [0.05, 0.1) is 17.4 Å². The zero-order valence-corrected chi connectivity index (χ0v) is 20.2. The van der Waals surface area contributed by atoms with Gasteiger partial charge < -0.3 is 20.9 Å². The number of hydrogen-bond donors (Lipinski definition) is 2. The number of benzene rings is 2. The number of esters is 1. The third-order valence-electron chi connectivity index (χ3n) is 4.98. The minimum absolute atomic E-state index is 0.484. The number of anilines is 1. The van der Waals surface area contributed by atoms with Crippen LogP contribution in [0, 0.1) is 0 Å². The topological polar surface area (TPSA) is 122 Å². The average Bonchev–Trinajstić information content (AvgIpc) is 3.11. The van der Waals surface area contributed by atoms with Gasteiger partial charge in [-0.05, 0) is 65.7 Å². The Labute approximate surface area is 193 Å². The SMILES string of the molecule is CC(C)(C)OC(=O)n1ncc2c(N)c(-c3ccc(C(C)(N)C(=O)OC(C)(C)C)cc3)ccc21. The van der Waals surface area contributed by atoms with Crippen molar-refractivity contribution in [3.63, 3.8) is 0 Å². The lowest BCUT2D eigenvalue weighted by Gasteiger charge is -2.28. The molecule has 0 aliphatic carbocycles. The molecule has 0 spiro atoms. The zero-order chi connectivity index (χ0) is 24.8. The van der Waals surface area contributed by atoms with Crippen molar-refractivity contribution in [2.45, 2.75) is 65.2 Å². The van der Waals surface area contributed by atoms with E-state index in [-0.39, 0.29) is 0 Å². The normalized spacial score (nSPS) is 14.1. The fourth-order valence-corrected chi connectivity index (χ4v) is 3.32. The molecule has 8 nitrogen and oxygen atoms in total. The van der Waals surface area contributed by atoms with Crippen LogP contribution in [0.3, 0.4) is 0 Å². The Morgan fingerprint density at radius 2 is 1.45 bits per heavy atom. The van der Waals surface area contributed by atoms with Crippen LogP contribution in [-0.4, -0.2) is 33.0 Å². The van der Waals surface area contributed by atoms with Crippen LogP contribution in [0.1, 0.15) is 54.0 Å². The molecule has 0 saturated carbocycles. The molecule has 0 saturated heterocycles. The van der Waals surface area contributed by atoms with E-state index >= 15 is 0 Å². The van der Waals surface area contributed by atoms with Crippen molar-refractivity contribution >= 4 is 28.7 Å². The molecule has 1 aromatic heterocycles. The third-order valence-corrected chi connectivity index (χ3v) is 4.98. The first-order valence-electron chi connectivity index (χ1n) is 10.7. The van der Waals surface area contributed by atoms with Crippen molar-refractivity contribution in [3.05, 3.63) is 48.2 Å². The Hall–Kier alpha value is -3.39. The van der Waals surface area contributed by atoms with Crippen LogP contribution in [-0.2, 0) is 19.8 Å². The summed E-state index contributed by atoms with van der Waals surface area (Å²) in [7, 11) is 0. The lowest BCUT2D eigenvalue weighted by Crippen LogP contribution is -2.45. The van der Waals surface area contributed by atoms with E-state index in [9.17, 15) is 9.59 Å². The van der Waals surface area contributed by atoms with Crippen LogP contribution < -0.4 is 11.5 Å². The number of aromatic nitrogens is 2. The minimum atomic E-state index is -1.30. The van der Waals surface area contributed by atoms with Crippen LogP contribution in [0.25, 0.3) is 22.0 Å². The number of carbonyl (C=O) groups excluding carboxylic acids is 2. The molecule has 176 valence electrons. The van der Waals surface area contributed by atoms with Crippen molar-refractivity contribution in [2.75, 3.05) is 5.73 Å². The Kier molecular flexibility index (Phi) is 6.02. The number of carbonyl (C=O) groups is 2. The van der Waals surface area contributed by atoms with E-state index in [1.807, 2.05) is 18.2 Å². The summed E-state index contributed by atoms with van der Waals surface area (Å²) in [6.45, 7) is 12.4. The Bertz CT molecular complexity index is 1200. The number of fused-ring (bicyclic) bond motifs is 1. The number of hydrogen-bond acceptors (Lipinski definition) is 7. The average molecular weight is 453 g/mol. The van der Waals surface area contributed by atoms with Crippen molar-refractivity contribution in [1.29, 1.82) is 0 Å². The standard InChI is InChI=1S/C25H32N4O4/c1-23(2,3)32-21(30)25(7,27)16-10-8-15(9-11-16)17-12-13-19-18(20(17)26)14-28-29(19)22(31)33-24(4,5)6/h8-14H,26-27H2,1-7H3. The van der Waals surface area contributed by atoms with Crippen molar-refractivity contribution in [2.24, 2.45) is 5.73 Å². The smallest absolute Gasteiger partial charge is 0.435 e. The molecule has 4 N–H and O–H groups in total. The van der Waals surface area contributed by atoms with Gasteiger partial charge in [-0.2, -0.15) is 9.78 Å². The minimum Gasteiger partial charge on any atom is -0.458 e. The highest BCUT2D eigenvalue weighted by Crippen LogP contribution is 2.34. The molecule has 1 heterocycles. The summed E-state index contributed by atoms with van der Waals surface area (Å²) in [5, 5.41) is 4.80. The molecule has 1 atom stereocenters. The van der Waals surface area contributed by atoms with Crippen molar-refractivity contribution in [1.82, 2.24) is 9.78 Å². The summed E-state index contributed by atoms with van der Waals surface area (Å²) in [6, 6.07) is 10.9. The monoisotopic (exact) mass is 452 g/mol. The highest BCUT2D eigenvalue weighted by molar-refractivity contribution is 6.01. The van der Waals surface area contributed by atoms with Gasteiger partial charge in [0.25, 0.3) is 0 Å². The molecule has 0 aliphatic heterocycles. The number of nitrogens with two attached hydrogens (primary N) is 2. The van der Waals surface area contributed by atoms with Gasteiger partial charge in [-0.25, -0.2) is 9.59 Å². The van der Waals surface area contributed by atoms with Gasteiger partial charge in [0.1, 0.15) is 16.7 Å². The van der Waals surface area contributed by atoms with E-state index < -0.39 is 28.8 Å². The predicted molar refractivity (Wildman–Crippen MR) is 129 cm³/mol. The first kappa shape index (κ1) is 24.3. The molecule has 0 fully saturated rings. The first-order valence-corrected chi connectivity index (χ1v) is 10.7.